The number of hydrogen-bond acceptors (Lipinski definition) is 1. The Bertz CT molecular complexity index is 267. The zero-order valence-corrected chi connectivity index (χ0v) is 13.7. The monoisotopic (exact) mass is 278 g/mol. The molecule has 0 N–H and O–H groups in total. The molecule has 0 aromatic rings. The Labute approximate surface area is 126 Å². The predicted molar refractivity (Wildman–Crippen MR) is 86.8 cm³/mol. The summed E-state index contributed by atoms with van der Waals surface area (Å²) in [5.41, 5.74) is 0. The molecular weight excluding hydrogens is 244 g/mol. The van der Waals surface area contributed by atoms with E-state index < -0.39 is 0 Å². The molecule has 0 bridgehead atoms. The van der Waals surface area contributed by atoms with Crippen LogP contribution in [0.4, 0.5) is 0 Å². The molecule has 2 saturated carbocycles. The van der Waals surface area contributed by atoms with Gasteiger partial charge >= 0.3 is 0 Å². The van der Waals surface area contributed by atoms with Crippen molar-refractivity contribution >= 4 is 0 Å². The average molecular weight is 278 g/mol. The van der Waals surface area contributed by atoms with E-state index in [4.69, 9.17) is 4.74 Å². The second-order valence-corrected chi connectivity index (χ2v) is 7.03. The van der Waals surface area contributed by atoms with Crippen LogP contribution in [0.3, 0.4) is 0 Å². The molecule has 2 aliphatic rings. The maximum Gasteiger partial charge on any atom is 0.0494 e. The lowest BCUT2D eigenvalue weighted by Crippen LogP contribution is -2.27. The Morgan fingerprint density at radius 1 is 0.850 bits per heavy atom. The van der Waals surface area contributed by atoms with Crippen molar-refractivity contribution < 1.29 is 4.74 Å². The molecule has 0 saturated heterocycles. The Balaban J connectivity index is 1.65. The van der Waals surface area contributed by atoms with Crippen molar-refractivity contribution in [2.45, 2.75) is 71.6 Å². The summed E-state index contributed by atoms with van der Waals surface area (Å²) >= 11 is 0. The highest BCUT2D eigenvalue weighted by atomic mass is 16.5. The van der Waals surface area contributed by atoms with Gasteiger partial charge in [0.05, 0.1) is 0 Å². The van der Waals surface area contributed by atoms with Gasteiger partial charge in [0.25, 0.3) is 0 Å². The van der Waals surface area contributed by atoms with Crippen molar-refractivity contribution in [3.8, 4) is 0 Å². The number of rotatable bonds is 6. The number of allylic oxidation sites excluding steroid dienone is 2. The molecule has 2 rings (SSSR count). The first-order chi connectivity index (χ1) is 9.83. The first-order valence-corrected chi connectivity index (χ1v) is 9.02. The van der Waals surface area contributed by atoms with Crippen LogP contribution in [0.5, 0.6) is 0 Å². The molecule has 0 amide bonds. The van der Waals surface area contributed by atoms with E-state index in [0.29, 0.717) is 0 Å². The Morgan fingerprint density at radius 2 is 1.40 bits per heavy atom. The van der Waals surface area contributed by atoms with E-state index in [9.17, 15) is 0 Å². The summed E-state index contributed by atoms with van der Waals surface area (Å²) in [4.78, 5) is 0. The quantitative estimate of drug-likeness (QED) is 0.574. The fraction of sp³-hybridized carbons (Fsp3) is 0.895. The van der Waals surface area contributed by atoms with Gasteiger partial charge in [0.2, 0.25) is 0 Å². The molecule has 1 nitrogen and oxygen atoms in total. The molecule has 0 spiro atoms. The summed E-state index contributed by atoms with van der Waals surface area (Å²) in [5.74, 6) is 3.93. The van der Waals surface area contributed by atoms with Crippen LogP contribution >= 0.6 is 0 Å². The smallest absolute Gasteiger partial charge is 0.0494 e. The molecule has 2 aliphatic carbocycles. The first-order valence-electron chi connectivity index (χ1n) is 9.02. The molecule has 0 atom stereocenters. The third-order valence-electron chi connectivity index (χ3n) is 5.71. The van der Waals surface area contributed by atoms with E-state index in [-0.39, 0.29) is 0 Å². The molecule has 0 unspecified atom stereocenters. The van der Waals surface area contributed by atoms with E-state index in [0.717, 1.165) is 36.9 Å². The van der Waals surface area contributed by atoms with Crippen LogP contribution in [-0.2, 0) is 4.74 Å². The molecule has 1 heteroatoms. The van der Waals surface area contributed by atoms with Crippen molar-refractivity contribution in [3.63, 3.8) is 0 Å². The molecule has 20 heavy (non-hydrogen) atoms. The third kappa shape index (κ3) is 4.91. The summed E-state index contributed by atoms with van der Waals surface area (Å²) in [5, 5.41) is 0. The molecule has 0 aliphatic heterocycles. The fourth-order valence-corrected chi connectivity index (χ4v) is 4.33. The van der Waals surface area contributed by atoms with Gasteiger partial charge < -0.3 is 4.74 Å². The molecule has 2 fully saturated rings. The van der Waals surface area contributed by atoms with E-state index in [1.807, 2.05) is 0 Å². The van der Waals surface area contributed by atoms with Gasteiger partial charge in [-0.2, -0.15) is 0 Å². The van der Waals surface area contributed by atoms with Crippen molar-refractivity contribution in [3.05, 3.63) is 12.2 Å². The van der Waals surface area contributed by atoms with Gasteiger partial charge in [0.15, 0.2) is 0 Å². The Hall–Kier alpha value is -0.300. The van der Waals surface area contributed by atoms with Crippen molar-refractivity contribution in [1.29, 1.82) is 0 Å². The van der Waals surface area contributed by atoms with Crippen molar-refractivity contribution in [2.75, 3.05) is 13.2 Å². The zero-order valence-electron chi connectivity index (χ0n) is 13.7. The van der Waals surface area contributed by atoms with Gasteiger partial charge in [-0.25, -0.2) is 0 Å². The number of ether oxygens (including phenoxy) is 1. The molecule has 0 heterocycles. The van der Waals surface area contributed by atoms with Gasteiger partial charge in [-0.1, -0.05) is 12.2 Å². The second-order valence-electron chi connectivity index (χ2n) is 7.03. The van der Waals surface area contributed by atoms with Crippen molar-refractivity contribution in [1.82, 2.24) is 0 Å². The van der Waals surface area contributed by atoms with Crippen LogP contribution in [-0.4, -0.2) is 13.2 Å². The highest BCUT2D eigenvalue weighted by Gasteiger charge is 2.30. The SMILES string of the molecule is C/C=C/CC1CCC(C2CCC(COCC)CC2)CC1. The van der Waals surface area contributed by atoms with E-state index >= 15 is 0 Å². The molecule has 0 radical (unpaired) electrons. The summed E-state index contributed by atoms with van der Waals surface area (Å²) in [6, 6.07) is 0. The predicted octanol–water partition coefficient (Wildman–Crippen LogP) is 5.60. The second kappa shape index (κ2) is 8.87. The van der Waals surface area contributed by atoms with Crippen LogP contribution in [0, 0.1) is 23.7 Å². The highest BCUT2D eigenvalue weighted by Crippen LogP contribution is 2.42. The minimum atomic E-state index is 0.859. The lowest BCUT2D eigenvalue weighted by atomic mass is 9.69. The summed E-state index contributed by atoms with van der Waals surface area (Å²) in [7, 11) is 0. The van der Waals surface area contributed by atoms with Gasteiger partial charge in [-0.05, 0) is 95.3 Å². The zero-order chi connectivity index (χ0) is 14.2. The van der Waals surface area contributed by atoms with Gasteiger partial charge in [-0.3, -0.25) is 0 Å². The summed E-state index contributed by atoms with van der Waals surface area (Å²) in [6.07, 6.45) is 17.7. The lowest BCUT2D eigenvalue weighted by molar-refractivity contribution is 0.0715. The Morgan fingerprint density at radius 3 is 1.90 bits per heavy atom. The van der Waals surface area contributed by atoms with Crippen LogP contribution in [0.15, 0.2) is 12.2 Å². The topological polar surface area (TPSA) is 9.23 Å². The highest BCUT2D eigenvalue weighted by molar-refractivity contribution is 4.86. The summed E-state index contributed by atoms with van der Waals surface area (Å²) in [6.45, 7) is 6.15. The third-order valence-corrected chi connectivity index (χ3v) is 5.71. The molecule has 0 aromatic carbocycles. The van der Waals surface area contributed by atoms with Crippen LogP contribution in [0.25, 0.3) is 0 Å². The maximum absolute atomic E-state index is 5.60. The lowest BCUT2D eigenvalue weighted by Gasteiger charge is -2.37. The van der Waals surface area contributed by atoms with Crippen LogP contribution in [0.2, 0.25) is 0 Å². The van der Waals surface area contributed by atoms with E-state index in [1.54, 1.807) is 0 Å². The van der Waals surface area contributed by atoms with Gasteiger partial charge in [-0.15, -0.1) is 0 Å². The molecule has 0 aromatic heterocycles. The minimum absolute atomic E-state index is 0.859. The van der Waals surface area contributed by atoms with Crippen LogP contribution < -0.4 is 0 Å². The fourth-order valence-electron chi connectivity index (χ4n) is 4.33. The molecule has 116 valence electrons. The normalized spacial score (nSPS) is 35.5. The minimum Gasteiger partial charge on any atom is -0.381 e. The van der Waals surface area contributed by atoms with Crippen molar-refractivity contribution in [2.24, 2.45) is 23.7 Å². The first kappa shape index (κ1) is 16.1. The maximum atomic E-state index is 5.60. The Kier molecular flexibility index (Phi) is 7.13. The van der Waals surface area contributed by atoms with E-state index in [2.05, 4.69) is 26.0 Å². The van der Waals surface area contributed by atoms with Crippen LogP contribution in [0.1, 0.15) is 71.6 Å². The summed E-state index contributed by atoms with van der Waals surface area (Å²) < 4.78 is 5.60. The molecular formula is C19H34O. The van der Waals surface area contributed by atoms with Gasteiger partial charge in [0.1, 0.15) is 0 Å². The largest absolute Gasteiger partial charge is 0.381 e. The number of hydrogen-bond donors (Lipinski definition) is 0. The standard InChI is InChI=1S/C19H34O/c1-3-5-6-16-7-11-18(12-8-16)19-13-9-17(10-14-19)15-20-4-2/h3,5,16-19H,4,6-15H2,1-2H3/b5-3+. The van der Waals surface area contributed by atoms with Gasteiger partial charge in [0, 0.05) is 13.2 Å². The average Bonchev–Trinajstić information content (AvgIpc) is 2.52. The van der Waals surface area contributed by atoms with E-state index in [1.165, 1.54) is 57.8 Å².